The Morgan fingerprint density at radius 2 is 2.14 bits per heavy atom. The number of carboxylic acid groups (broad SMARTS) is 1. The lowest BCUT2D eigenvalue weighted by molar-refractivity contribution is -0.138. The molecule has 0 aromatic heterocycles. The summed E-state index contributed by atoms with van der Waals surface area (Å²) in [7, 11) is -3.44. The van der Waals surface area contributed by atoms with Crippen LogP contribution in [0.25, 0.3) is 0 Å². The van der Waals surface area contributed by atoms with Gasteiger partial charge in [0.1, 0.15) is 5.75 Å². The molecular weight excluding hydrogens is 306 g/mol. The van der Waals surface area contributed by atoms with E-state index in [1.807, 2.05) is 24.3 Å². The van der Waals surface area contributed by atoms with Crippen LogP contribution in [0.4, 0.5) is 0 Å². The number of para-hydroxylation sites is 1. The Morgan fingerprint density at radius 1 is 1.36 bits per heavy atom. The molecule has 6 nitrogen and oxygen atoms in total. The summed E-state index contributed by atoms with van der Waals surface area (Å²) >= 11 is 0. The zero-order valence-electron chi connectivity index (χ0n) is 12.1. The van der Waals surface area contributed by atoms with Crippen molar-refractivity contribution in [1.29, 1.82) is 0 Å². The smallest absolute Gasteiger partial charge is 0.306 e. The molecule has 3 rings (SSSR count). The molecule has 0 amide bonds. The molecule has 2 aliphatic rings. The van der Waals surface area contributed by atoms with Crippen molar-refractivity contribution in [3.8, 4) is 5.75 Å². The highest BCUT2D eigenvalue weighted by molar-refractivity contribution is 7.89. The highest BCUT2D eigenvalue weighted by atomic mass is 32.2. The first kappa shape index (κ1) is 15.3. The molecule has 1 heterocycles. The van der Waals surface area contributed by atoms with Gasteiger partial charge in [-0.1, -0.05) is 18.2 Å². The van der Waals surface area contributed by atoms with Gasteiger partial charge in [-0.15, -0.1) is 0 Å². The number of hydrogen-bond acceptors (Lipinski definition) is 4. The molecular formula is C15H19NO5S. The summed E-state index contributed by atoms with van der Waals surface area (Å²) in [5.41, 5.74) is 1.02. The van der Waals surface area contributed by atoms with Crippen molar-refractivity contribution in [3.63, 3.8) is 0 Å². The maximum Gasteiger partial charge on any atom is 0.306 e. The van der Waals surface area contributed by atoms with Gasteiger partial charge >= 0.3 is 5.97 Å². The Kier molecular flexibility index (Phi) is 4.10. The van der Waals surface area contributed by atoms with Crippen molar-refractivity contribution in [3.05, 3.63) is 29.8 Å². The van der Waals surface area contributed by atoms with Gasteiger partial charge in [-0.05, 0) is 30.4 Å². The predicted octanol–water partition coefficient (Wildman–Crippen LogP) is 1.19. The van der Waals surface area contributed by atoms with Crippen LogP contribution in [0.5, 0.6) is 5.75 Å². The summed E-state index contributed by atoms with van der Waals surface area (Å²) in [4.78, 5) is 10.8. The molecule has 3 atom stereocenters. The van der Waals surface area contributed by atoms with E-state index in [4.69, 9.17) is 9.84 Å². The minimum Gasteiger partial charge on any atom is -0.493 e. The van der Waals surface area contributed by atoms with Gasteiger partial charge in [-0.3, -0.25) is 4.79 Å². The van der Waals surface area contributed by atoms with Gasteiger partial charge < -0.3 is 9.84 Å². The van der Waals surface area contributed by atoms with Gasteiger partial charge in [0.15, 0.2) is 0 Å². The van der Waals surface area contributed by atoms with E-state index in [2.05, 4.69) is 4.72 Å². The lowest BCUT2D eigenvalue weighted by Crippen LogP contribution is -2.33. The van der Waals surface area contributed by atoms with Crippen LogP contribution in [0, 0.1) is 11.8 Å². The van der Waals surface area contributed by atoms with E-state index in [1.165, 1.54) is 0 Å². The van der Waals surface area contributed by atoms with Gasteiger partial charge in [-0.25, -0.2) is 13.1 Å². The van der Waals surface area contributed by atoms with Crippen molar-refractivity contribution in [1.82, 2.24) is 4.72 Å². The summed E-state index contributed by atoms with van der Waals surface area (Å²) in [5, 5.41) is 8.83. The van der Waals surface area contributed by atoms with Crippen LogP contribution in [0.15, 0.2) is 24.3 Å². The summed E-state index contributed by atoms with van der Waals surface area (Å²) in [6, 6.07) is 7.65. The molecule has 0 radical (unpaired) electrons. The maximum atomic E-state index is 12.1. The van der Waals surface area contributed by atoms with Gasteiger partial charge in [-0.2, -0.15) is 0 Å². The maximum absolute atomic E-state index is 12.1. The number of fused-ring (bicyclic) bond motifs is 1. The average molecular weight is 325 g/mol. The SMILES string of the molecule is O=C(O)[C@@H]1C[C@H]1CS(=O)(=O)NCC1CCOc2ccccc21. The van der Waals surface area contributed by atoms with E-state index in [9.17, 15) is 13.2 Å². The number of rotatable bonds is 6. The first-order valence-electron chi connectivity index (χ1n) is 7.38. The molecule has 0 saturated heterocycles. The van der Waals surface area contributed by atoms with Crippen molar-refractivity contribution in [2.75, 3.05) is 18.9 Å². The van der Waals surface area contributed by atoms with Crippen LogP contribution in [-0.2, 0) is 14.8 Å². The normalized spacial score (nSPS) is 26.8. The van der Waals surface area contributed by atoms with E-state index in [0.717, 1.165) is 17.7 Å². The molecule has 1 aromatic carbocycles. The molecule has 0 spiro atoms. The lowest BCUT2D eigenvalue weighted by Gasteiger charge is -2.26. The Bertz CT molecular complexity index is 672. The molecule has 1 saturated carbocycles. The summed E-state index contributed by atoms with van der Waals surface area (Å²) in [5.74, 6) is -0.856. The average Bonchev–Trinajstić information content (AvgIpc) is 3.24. The van der Waals surface area contributed by atoms with E-state index in [1.54, 1.807) is 0 Å². The topological polar surface area (TPSA) is 92.7 Å². The molecule has 7 heteroatoms. The Labute approximate surface area is 129 Å². The number of sulfonamides is 1. The van der Waals surface area contributed by atoms with Gasteiger partial charge in [0.05, 0.1) is 18.3 Å². The van der Waals surface area contributed by atoms with E-state index in [-0.39, 0.29) is 17.6 Å². The monoisotopic (exact) mass is 325 g/mol. The zero-order chi connectivity index (χ0) is 15.7. The fourth-order valence-electron chi connectivity index (χ4n) is 2.93. The first-order valence-corrected chi connectivity index (χ1v) is 9.03. The largest absolute Gasteiger partial charge is 0.493 e. The fourth-order valence-corrected chi connectivity index (χ4v) is 4.44. The predicted molar refractivity (Wildman–Crippen MR) is 80.3 cm³/mol. The third-order valence-electron chi connectivity index (χ3n) is 4.31. The van der Waals surface area contributed by atoms with Gasteiger partial charge in [0, 0.05) is 12.5 Å². The number of benzene rings is 1. The van der Waals surface area contributed by atoms with E-state index < -0.39 is 21.9 Å². The van der Waals surface area contributed by atoms with E-state index in [0.29, 0.717) is 19.6 Å². The molecule has 1 aliphatic heterocycles. The number of hydrogen-bond donors (Lipinski definition) is 2. The minimum atomic E-state index is -3.44. The van der Waals surface area contributed by atoms with Crippen molar-refractivity contribution < 1.29 is 23.1 Å². The summed E-state index contributed by atoms with van der Waals surface area (Å²) < 4.78 is 32.3. The third kappa shape index (κ3) is 3.41. The van der Waals surface area contributed by atoms with Crippen LogP contribution in [0.2, 0.25) is 0 Å². The molecule has 1 unspecified atom stereocenters. The Balaban J connectivity index is 1.58. The van der Waals surface area contributed by atoms with Gasteiger partial charge in [0.25, 0.3) is 0 Å². The Hall–Kier alpha value is -1.60. The third-order valence-corrected chi connectivity index (χ3v) is 5.78. The standard InChI is InChI=1S/C15H19NO5S/c17-15(18)13-7-11(13)9-22(19,20)16-8-10-5-6-21-14-4-2-1-3-12(10)14/h1-4,10-11,13,16H,5-9H2,(H,17,18)/t10?,11-,13+/m0/s1. The van der Waals surface area contributed by atoms with Crippen LogP contribution >= 0.6 is 0 Å². The van der Waals surface area contributed by atoms with Crippen LogP contribution < -0.4 is 9.46 Å². The number of ether oxygens (including phenoxy) is 1. The molecule has 1 aliphatic carbocycles. The molecule has 120 valence electrons. The van der Waals surface area contributed by atoms with E-state index >= 15 is 0 Å². The Morgan fingerprint density at radius 3 is 2.86 bits per heavy atom. The molecule has 2 N–H and O–H groups in total. The highest BCUT2D eigenvalue weighted by Crippen LogP contribution is 2.39. The quantitative estimate of drug-likeness (QED) is 0.819. The lowest BCUT2D eigenvalue weighted by atomic mass is 9.93. The molecule has 1 fully saturated rings. The van der Waals surface area contributed by atoms with Crippen LogP contribution in [0.1, 0.15) is 24.3 Å². The van der Waals surface area contributed by atoms with Crippen molar-refractivity contribution in [2.24, 2.45) is 11.8 Å². The molecule has 0 bridgehead atoms. The van der Waals surface area contributed by atoms with Crippen LogP contribution in [0.3, 0.4) is 0 Å². The zero-order valence-corrected chi connectivity index (χ0v) is 12.9. The summed E-state index contributed by atoms with van der Waals surface area (Å²) in [6.07, 6.45) is 1.22. The number of carbonyl (C=O) groups is 1. The molecule has 1 aromatic rings. The molecule has 22 heavy (non-hydrogen) atoms. The number of carboxylic acids is 1. The first-order chi connectivity index (χ1) is 10.5. The van der Waals surface area contributed by atoms with Gasteiger partial charge in [0.2, 0.25) is 10.0 Å². The minimum absolute atomic E-state index is 0.0919. The number of aliphatic carboxylic acids is 1. The second-order valence-electron chi connectivity index (χ2n) is 5.94. The van der Waals surface area contributed by atoms with Crippen molar-refractivity contribution in [2.45, 2.75) is 18.8 Å². The highest BCUT2D eigenvalue weighted by Gasteiger charge is 2.45. The number of nitrogens with one attached hydrogen (secondary N) is 1. The van der Waals surface area contributed by atoms with Crippen molar-refractivity contribution >= 4 is 16.0 Å². The van der Waals surface area contributed by atoms with Crippen LogP contribution in [-0.4, -0.2) is 38.4 Å². The fraction of sp³-hybridized carbons (Fsp3) is 0.533. The second-order valence-corrected chi connectivity index (χ2v) is 7.79. The second kappa shape index (κ2) is 5.89. The summed E-state index contributed by atoms with van der Waals surface area (Å²) in [6.45, 7) is 0.903.